The fraction of sp³-hybridized carbons (Fsp3) is 0.606. The Balaban J connectivity index is 1.61. The van der Waals surface area contributed by atoms with E-state index in [0.717, 1.165) is 21.0 Å². The Morgan fingerprint density at radius 2 is 1.89 bits per heavy atom. The zero-order valence-corrected chi connectivity index (χ0v) is 28.4. The molecule has 3 atom stereocenters. The van der Waals surface area contributed by atoms with E-state index in [4.69, 9.17) is 9.47 Å². The highest BCUT2D eigenvalue weighted by atomic mass is 32.1. The Kier molecular flexibility index (Phi) is 10.5. The topological polar surface area (TPSA) is 130 Å². The van der Waals surface area contributed by atoms with Crippen molar-refractivity contribution in [3.63, 3.8) is 0 Å². The Labute approximate surface area is 273 Å². The van der Waals surface area contributed by atoms with Crippen LogP contribution in [0.25, 0.3) is 10.4 Å². The van der Waals surface area contributed by atoms with Gasteiger partial charge in [-0.1, -0.05) is 32.9 Å². The molecule has 252 valence electrons. The number of aryl methyl sites for hydroxylation is 1. The summed E-state index contributed by atoms with van der Waals surface area (Å²) in [5, 5.41) is 10.7. The Hall–Kier alpha value is -3.58. The summed E-state index contributed by atoms with van der Waals surface area (Å²) in [6.45, 7) is 12.5. The predicted molar refractivity (Wildman–Crippen MR) is 170 cm³/mol. The van der Waals surface area contributed by atoms with Crippen LogP contribution in [0.5, 0.6) is 5.75 Å². The highest BCUT2D eigenvalue weighted by Gasteiger charge is 2.56. The smallest absolute Gasteiger partial charge is 0.309 e. The number of alkyl halides is 1. The summed E-state index contributed by atoms with van der Waals surface area (Å²) in [4.78, 5) is 60.2. The quantitative estimate of drug-likeness (QED) is 0.190. The lowest BCUT2D eigenvalue weighted by Crippen LogP contribution is -2.60. The van der Waals surface area contributed by atoms with Crippen LogP contribution in [0.1, 0.15) is 78.5 Å². The number of halogens is 1. The maximum absolute atomic E-state index is 15.3. The first kappa shape index (κ1) is 35.3. The molecule has 1 N–H and O–H groups in total. The molecule has 1 saturated carbocycles. The van der Waals surface area contributed by atoms with Crippen LogP contribution in [-0.2, 0) is 30.5 Å². The van der Waals surface area contributed by atoms with E-state index in [2.05, 4.69) is 4.98 Å². The molecule has 2 aromatic rings. The van der Waals surface area contributed by atoms with Gasteiger partial charge in [-0.05, 0) is 44.7 Å². The zero-order valence-electron chi connectivity index (χ0n) is 27.6. The second-order valence-electron chi connectivity index (χ2n) is 14.1. The van der Waals surface area contributed by atoms with Gasteiger partial charge in [-0.3, -0.25) is 24.1 Å². The van der Waals surface area contributed by atoms with Crippen LogP contribution in [0.4, 0.5) is 4.39 Å². The molecule has 0 spiro atoms. The second kappa shape index (κ2) is 13.6. The van der Waals surface area contributed by atoms with Crippen LogP contribution in [0.2, 0.25) is 0 Å². The molecule has 1 aromatic heterocycles. The number of hydrogen-bond donors (Lipinski definition) is 1. The molecule has 1 aliphatic carbocycles. The number of hydrogen-bond acceptors (Lipinski definition) is 9. The second-order valence-corrected chi connectivity index (χ2v) is 15.0. The molecule has 0 radical (unpaired) electrons. The first-order chi connectivity index (χ1) is 21.5. The van der Waals surface area contributed by atoms with Crippen molar-refractivity contribution in [2.45, 2.75) is 110 Å². The lowest BCUT2D eigenvalue weighted by atomic mass is 9.84. The van der Waals surface area contributed by atoms with E-state index < -0.39 is 47.0 Å². The largest absolute Gasteiger partial charge is 0.493 e. The Bertz CT molecular complexity index is 1430. The first-order valence-corrected chi connectivity index (χ1v) is 16.4. The van der Waals surface area contributed by atoms with E-state index in [0.29, 0.717) is 24.1 Å². The fourth-order valence-corrected chi connectivity index (χ4v) is 6.55. The summed E-state index contributed by atoms with van der Waals surface area (Å²) in [5.74, 6) is -2.41. The molecule has 1 aromatic carbocycles. The maximum Gasteiger partial charge on any atom is 0.309 e. The highest BCUT2D eigenvalue weighted by molar-refractivity contribution is 7.13. The third kappa shape index (κ3) is 8.22. The van der Waals surface area contributed by atoms with Crippen molar-refractivity contribution in [1.82, 2.24) is 19.7 Å². The van der Waals surface area contributed by atoms with Gasteiger partial charge in [0.25, 0.3) is 0 Å². The van der Waals surface area contributed by atoms with E-state index in [1.54, 1.807) is 47.1 Å². The van der Waals surface area contributed by atoms with E-state index >= 15 is 4.39 Å². The summed E-state index contributed by atoms with van der Waals surface area (Å²) in [6.07, 6.45) is -0.419. The average Bonchev–Trinajstić information content (AvgIpc) is 3.35. The van der Waals surface area contributed by atoms with Crippen LogP contribution >= 0.6 is 11.3 Å². The molecule has 11 nitrogen and oxygen atoms in total. The molecule has 3 amide bonds. The third-order valence-corrected chi connectivity index (χ3v) is 9.01. The lowest BCUT2D eigenvalue weighted by Gasteiger charge is -2.43. The molecule has 2 fully saturated rings. The number of amides is 3. The number of aromatic nitrogens is 1. The van der Waals surface area contributed by atoms with Gasteiger partial charge in [-0.25, -0.2) is 9.37 Å². The van der Waals surface area contributed by atoms with E-state index in [-0.39, 0.29) is 45.4 Å². The van der Waals surface area contributed by atoms with E-state index in [1.807, 2.05) is 25.1 Å². The molecule has 13 heteroatoms. The number of ether oxygens (including phenoxy) is 2. The van der Waals surface area contributed by atoms with Gasteiger partial charge in [0.15, 0.2) is 5.79 Å². The summed E-state index contributed by atoms with van der Waals surface area (Å²) in [6, 6.07) is 4.39. The molecule has 0 bridgehead atoms. The molecule has 4 rings (SSSR count). The number of aliphatic hydroxyl groups excluding tert-OH is 1. The minimum Gasteiger partial charge on any atom is -0.493 e. The van der Waals surface area contributed by atoms with Crippen molar-refractivity contribution in [2.75, 3.05) is 13.2 Å². The number of thiazole rings is 1. The van der Waals surface area contributed by atoms with Gasteiger partial charge in [-0.15, -0.1) is 11.3 Å². The van der Waals surface area contributed by atoms with Gasteiger partial charge in [0, 0.05) is 31.4 Å². The predicted octanol–water partition coefficient (Wildman–Crippen LogP) is 4.44. The number of carbonyl (C=O) groups is 4. The van der Waals surface area contributed by atoms with Gasteiger partial charge in [0.05, 0.1) is 41.8 Å². The SMILES string of the molecule is Cc1ncsc1-c1ccc(CN(C=O)[C@@H]2C[C@@H](O)CN2C(=O)[C@@H](N(C=O)C2(F)CC2)C(C)(C)C)c(OCCC(=O)OC(C)(C)C)c1. The van der Waals surface area contributed by atoms with Gasteiger partial charge < -0.3 is 24.4 Å². The first-order valence-electron chi connectivity index (χ1n) is 15.5. The molecule has 0 unspecified atom stereocenters. The molecule has 2 heterocycles. The van der Waals surface area contributed by atoms with Crippen LogP contribution in [0.3, 0.4) is 0 Å². The minimum atomic E-state index is -1.89. The van der Waals surface area contributed by atoms with E-state index in [1.165, 1.54) is 21.1 Å². The molecule has 2 aliphatic rings. The third-order valence-electron chi connectivity index (χ3n) is 8.03. The van der Waals surface area contributed by atoms with Crippen molar-refractivity contribution in [2.24, 2.45) is 5.41 Å². The van der Waals surface area contributed by atoms with Crippen molar-refractivity contribution in [3.05, 3.63) is 35.0 Å². The summed E-state index contributed by atoms with van der Waals surface area (Å²) >= 11 is 1.47. The molecule has 1 saturated heterocycles. The Morgan fingerprint density at radius 3 is 2.43 bits per heavy atom. The van der Waals surface area contributed by atoms with Crippen molar-refractivity contribution in [3.8, 4) is 16.2 Å². The number of likely N-dealkylation sites (tertiary alicyclic amines) is 1. The van der Waals surface area contributed by atoms with Gasteiger partial charge in [0.1, 0.15) is 23.6 Å². The van der Waals surface area contributed by atoms with E-state index in [9.17, 15) is 24.3 Å². The van der Waals surface area contributed by atoms with Gasteiger partial charge in [0.2, 0.25) is 18.7 Å². The number of β-amino-alcohol motifs (C(OH)–C–C–N with tert-alkyl or cyclic N) is 1. The zero-order chi connectivity index (χ0) is 34.0. The number of aliphatic hydroxyl groups is 1. The van der Waals surface area contributed by atoms with Crippen molar-refractivity contribution >= 4 is 36.0 Å². The number of rotatable bonds is 13. The van der Waals surface area contributed by atoms with Crippen molar-refractivity contribution in [1.29, 1.82) is 0 Å². The normalized spacial score (nSPS) is 19.7. The summed E-state index contributed by atoms with van der Waals surface area (Å²) in [5.41, 5.74) is 2.59. The number of benzene rings is 1. The number of esters is 1. The monoisotopic (exact) mass is 660 g/mol. The lowest BCUT2D eigenvalue weighted by molar-refractivity contribution is -0.157. The number of carbonyl (C=O) groups excluding carboxylic acids is 4. The van der Waals surface area contributed by atoms with Gasteiger partial charge in [-0.2, -0.15) is 0 Å². The standard InChI is InChI=1S/C33H45FN4O7S/c1-21-28(46-18-35-21)22-8-9-23(25(14-22)44-13-10-27(42)45-32(5,6)7)16-36(19-39)26-15-24(41)17-37(26)30(43)29(31(2,3)4)38(20-40)33(34)11-12-33/h8-9,14,18-20,24,26,29,41H,10-13,15-17H2,1-7H3/t24-,26+,29-/m1/s1. The van der Waals surface area contributed by atoms with Crippen LogP contribution in [0.15, 0.2) is 23.7 Å². The van der Waals surface area contributed by atoms with Gasteiger partial charge >= 0.3 is 5.97 Å². The minimum absolute atomic E-state index is 0.00645. The van der Waals surface area contributed by atoms with Crippen LogP contribution in [0, 0.1) is 12.3 Å². The van der Waals surface area contributed by atoms with Crippen LogP contribution < -0.4 is 4.74 Å². The summed E-state index contributed by atoms with van der Waals surface area (Å²) in [7, 11) is 0. The summed E-state index contributed by atoms with van der Waals surface area (Å²) < 4.78 is 26.8. The molecule has 1 aliphatic heterocycles. The average molecular weight is 661 g/mol. The number of nitrogens with zero attached hydrogens (tertiary/aromatic N) is 4. The Morgan fingerprint density at radius 1 is 1.20 bits per heavy atom. The van der Waals surface area contributed by atoms with Crippen molar-refractivity contribution < 1.29 is 38.1 Å². The highest BCUT2D eigenvalue weighted by Crippen LogP contribution is 2.46. The molecular weight excluding hydrogens is 615 g/mol. The maximum atomic E-state index is 15.3. The van der Waals surface area contributed by atoms with Crippen LogP contribution in [-0.4, -0.2) is 92.3 Å². The fourth-order valence-electron chi connectivity index (χ4n) is 5.74. The molecular formula is C33H45FN4O7S. The molecule has 46 heavy (non-hydrogen) atoms.